The van der Waals surface area contributed by atoms with E-state index in [0.717, 1.165) is 0 Å². The molecule has 1 aliphatic rings. The van der Waals surface area contributed by atoms with Gasteiger partial charge >= 0.3 is 6.29 Å². The van der Waals surface area contributed by atoms with Crippen molar-refractivity contribution in [1.82, 2.24) is 0 Å². The van der Waals surface area contributed by atoms with Gasteiger partial charge in [-0.1, -0.05) is 6.58 Å². The van der Waals surface area contributed by atoms with E-state index < -0.39 is 0 Å². The maximum absolute atomic E-state index is 8.03. The van der Waals surface area contributed by atoms with Crippen LogP contribution in [0.3, 0.4) is 0 Å². The summed E-state index contributed by atoms with van der Waals surface area (Å²) in [6, 6.07) is 0. The first-order valence-corrected chi connectivity index (χ1v) is 1.24. The number of hydrogen-bond acceptors (Lipinski definition) is 2. The summed E-state index contributed by atoms with van der Waals surface area (Å²) >= 11 is 0. The van der Waals surface area contributed by atoms with E-state index in [0.29, 0.717) is 5.76 Å². The van der Waals surface area contributed by atoms with Gasteiger partial charge in [0.2, 0.25) is 0 Å². The molecule has 0 spiro atoms. The molecule has 1 rings (SSSR count). The number of rotatable bonds is 0. The summed E-state index contributed by atoms with van der Waals surface area (Å²) in [4.78, 5) is 0. The lowest BCUT2D eigenvalue weighted by Crippen LogP contribution is -1.54. The van der Waals surface area contributed by atoms with Gasteiger partial charge in [0.1, 0.15) is 0 Å². The van der Waals surface area contributed by atoms with Crippen molar-refractivity contribution in [2.45, 2.75) is 0 Å². The van der Waals surface area contributed by atoms with Crippen molar-refractivity contribution in [3.05, 3.63) is 18.6 Å². The van der Waals surface area contributed by atoms with E-state index >= 15 is 0 Å². The zero-order chi connectivity index (χ0) is 3.86. The zero-order valence-electron chi connectivity index (χ0n) is 2.56. The number of aliphatic hydroxyl groups is 1. The molecule has 0 unspecified atom stereocenters. The molecule has 1 fully saturated rings. The summed E-state index contributed by atoms with van der Waals surface area (Å²) in [6.45, 7) is 3.24. The van der Waals surface area contributed by atoms with Crippen molar-refractivity contribution in [3.8, 4) is 0 Å². The molecule has 0 bridgehead atoms. The monoisotopic (exact) mass is 71.0 g/mol. The molecule has 0 atom stereocenters. The Morgan fingerprint density at radius 1 is 1.80 bits per heavy atom. The summed E-state index contributed by atoms with van der Waals surface area (Å²) in [5.74, 6) is 0.394. The fourth-order valence-electron chi connectivity index (χ4n) is 0.0912. The third kappa shape index (κ3) is 0.260. The van der Waals surface area contributed by atoms with Gasteiger partial charge in [0.05, 0.1) is 0 Å². The van der Waals surface area contributed by atoms with Gasteiger partial charge in [-0.25, -0.2) is 0 Å². The molecule has 0 aromatic rings. The summed E-state index contributed by atoms with van der Waals surface area (Å²) < 4.78 is 4.19. The normalized spacial score (nSPS) is 22.2. The Morgan fingerprint density at radius 3 is 2.00 bits per heavy atom. The lowest BCUT2D eigenvalue weighted by atomic mass is 10.7. The molecule has 0 aromatic heterocycles. The van der Waals surface area contributed by atoms with Crippen LogP contribution in [0, 0.1) is 6.29 Å². The fourth-order valence-corrected chi connectivity index (χ4v) is 0.0912. The molecule has 1 N–H and O–H groups in total. The van der Waals surface area contributed by atoms with Crippen molar-refractivity contribution in [1.29, 1.82) is 0 Å². The van der Waals surface area contributed by atoms with Crippen LogP contribution >= 0.6 is 0 Å². The van der Waals surface area contributed by atoms with Crippen LogP contribution < -0.4 is 0 Å². The van der Waals surface area contributed by atoms with Gasteiger partial charge in [-0.05, 0) is 0 Å². The number of hydrogen-bond donors (Lipinski definition) is 1. The second-order valence-corrected chi connectivity index (χ2v) is 0.830. The van der Waals surface area contributed by atoms with E-state index in [-0.39, 0.29) is 6.29 Å². The Hall–Kier alpha value is -0.500. The summed E-state index contributed by atoms with van der Waals surface area (Å²) in [5, 5.41) is 8.03. The van der Waals surface area contributed by atoms with Crippen molar-refractivity contribution in [2.75, 3.05) is 0 Å². The largest absolute Gasteiger partial charge is 0.447 e. The molecule has 1 saturated heterocycles. The Kier molecular flexibility index (Phi) is 0.282. The summed E-state index contributed by atoms with van der Waals surface area (Å²) in [5.41, 5.74) is 0. The predicted molar refractivity (Wildman–Crippen MR) is 15.4 cm³/mol. The van der Waals surface area contributed by atoms with E-state index in [1.54, 1.807) is 0 Å². The molecule has 0 aliphatic carbocycles. The van der Waals surface area contributed by atoms with Crippen molar-refractivity contribution >= 4 is 0 Å². The van der Waals surface area contributed by atoms with Gasteiger partial charge in [0.25, 0.3) is 0 Å². The highest BCUT2D eigenvalue weighted by Crippen LogP contribution is 2.28. The molecule has 5 heavy (non-hydrogen) atoms. The van der Waals surface area contributed by atoms with Gasteiger partial charge in [-0.3, -0.25) is 0 Å². The molecule has 0 saturated carbocycles. The van der Waals surface area contributed by atoms with Crippen molar-refractivity contribution < 1.29 is 9.84 Å². The summed E-state index contributed by atoms with van der Waals surface area (Å²) in [6.07, 6.45) is -0.0231. The molecule has 0 amide bonds. The summed E-state index contributed by atoms with van der Waals surface area (Å²) in [7, 11) is 0. The molecule has 2 nitrogen and oxygen atoms in total. The van der Waals surface area contributed by atoms with Gasteiger partial charge in [-0.2, -0.15) is 0 Å². The Bertz CT molecular complexity index is 67.3. The minimum absolute atomic E-state index is 0.0231. The molecular weight excluding hydrogens is 68.0 g/mol. The molecular formula is C3H3O2. The Balaban J connectivity index is 2.47. The first-order chi connectivity index (χ1) is 2.30. The van der Waals surface area contributed by atoms with Crippen LogP contribution in [-0.2, 0) is 4.74 Å². The minimum atomic E-state index is -0.0231. The first-order valence-electron chi connectivity index (χ1n) is 1.24. The van der Waals surface area contributed by atoms with Crippen LogP contribution in [0.1, 0.15) is 0 Å². The van der Waals surface area contributed by atoms with Gasteiger partial charge in [0, 0.05) is 0 Å². The van der Waals surface area contributed by atoms with Crippen LogP contribution in [0.2, 0.25) is 0 Å². The van der Waals surface area contributed by atoms with Crippen molar-refractivity contribution in [2.24, 2.45) is 0 Å². The molecule has 27 valence electrons. The smallest absolute Gasteiger partial charge is 0.342 e. The van der Waals surface area contributed by atoms with Crippen LogP contribution in [0.4, 0.5) is 0 Å². The second-order valence-electron chi connectivity index (χ2n) is 0.830. The molecule has 2 heteroatoms. The van der Waals surface area contributed by atoms with E-state index in [9.17, 15) is 0 Å². The minimum Gasteiger partial charge on any atom is -0.447 e. The standard InChI is InChI=1S/C3H3O2/c1-2-3(4)5-2/h4H,1H2. The Morgan fingerprint density at radius 2 is 2.00 bits per heavy atom. The maximum atomic E-state index is 8.03. The van der Waals surface area contributed by atoms with Crippen LogP contribution in [-0.4, -0.2) is 5.11 Å². The zero-order valence-corrected chi connectivity index (χ0v) is 2.56. The number of epoxide rings is 1. The highest BCUT2D eigenvalue weighted by Gasteiger charge is 2.29. The number of ether oxygens (including phenoxy) is 1. The van der Waals surface area contributed by atoms with Gasteiger partial charge < -0.3 is 9.84 Å². The second kappa shape index (κ2) is 0.518. The lowest BCUT2D eigenvalue weighted by molar-refractivity contribution is 0.256. The third-order valence-electron chi connectivity index (χ3n) is 0.417. The average Bonchev–Trinajstić information content (AvgIpc) is 1.79. The SMILES string of the molecule is C=C1O[C]1O. The fraction of sp³-hybridized carbons (Fsp3) is 0. The first kappa shape index (κ1) is 2.72. The highest BCUT2D eigenvalue weighted by molar-refractivity contribution is 5.15. The van der Waals surface area contributed by atoms with E-state index in [1.807, 2.05) is 0 Å². The van der Waals surface area contributed by atoms with Gasteiger partial charge in [-0.15, -0.1) is 0 Å². The van der Waals surface area contributed by atoms with Crippen LogP contribution in [0.15, 0.2) is 12.3 Å². The average molecular weight is 71.1 g/mol. The van der Waals surface area contributed by atoms with Crippen LogP contribution in [0.25, 0.3) is 0 Å². The number of aliphatic hydroxyl groups excluding tert-OH is 1. The highest BCUT2D eigenvalue weighted by atomic mass is 16.7. The molecule has 0 aromatic carbocycles. The maximum Gasteiger partial charge on any atom is 0.342 e. The topological polar surface area (TPSA) is 32.8 Å². The van der Waals surface area contributed by atoms with Gasteiger partial charge in [0.15, 0.2) is 5.76 Å². The molecule has 1 aliphatic heterocycles. The van der Waals surface area contributed by atoms with E-state index in [4.69, 9.17) is 5.11 Å². The quantitative estimate of drug-likeness (QED) is 0.419. The van der Waals surface area contributed by atoms with E-state index in [1.165, 1.54) is 0 Å². The predicted octanol–water partition coefficient (Wildman–Crippen LogP) is 0.392. The molecule has 1 heterocycles. The lowest BCUT2D eigenvalue weighted by Gasteiger charge is -1.49. The third-order valence-corrected chi connectivity index (χ3v) is 0.417. The molecule has 1 radical (unpaired) electrons. The van der Waals surface area contributed by atoms with Crippen LogP contribution in [0.5, 0.6) is 0 Å². The Labute approximate surface area is 29.7 Å². The van der Waals surface area contributed by atoms with E-state index in [2.05, 4.69) is 11.3 Å². The van der Waals surface area contributed by atoms with Crippen molar-refractivity contribution in [3.63, 3.8) is 0 Å².